The van der Waals surface area contributed by atoms with Gasteiger partial charge in [0, 0.05) is 0 Å². The van der Waals surface area contributed by atoms with Crippen LogP contribution in [0.1, 0.15) is 84.0 Å². The Morgan fingerprint density at radius 3 is 1.19 bits per heavy atom. The van der Waals surface area contributed by atoms with Crippen molar-refractivity contribution in [1.82, 2.24) is 0 Å². The van der Waals surface area contributed by atoms with Gasteiger partial charge in [-0.3, -0.25) is 0 Å². The normalized spacial score (nSPS) is 10.2. The molecule has 0 aromatic rings. The summed E-state index contributed by atoms with van der Waals surface area (Å²) in [4.78, 5) is 0. The molecule has 16 heavy (non-hydrogen) atoms. The summed E-state index contributed by atoms with van der Waals surface area (Å²) in [6, 6.07) is 0. The Hall–Kier alpha value is 1.10. The van der Waals surface area contributed by atoms with Gasteiger partial charge < -0.3 is 0 Å². The molecule has 2 heteroatoms. The predicted octanol–water partition coefficient (Wildman–Crippen LogP) is 6.23. The molecular weight excluding hydrogens is 313 g/mol. The monoisotopic (exact) mass is 341 g/mol. The molecule has 0 aliphatic carbocycles. The van der Waals surface area contributed by atoms with E-state index in [2.05, 4.69) is 6.92 Å². The van der Waals surface area contributed by atoms with Gasteiger partial charge in [-0.1, -0.05) is 13.3 Å². The molecular formula is C14H30BrZn. The summed E-state index contributed by atoms with van der Waals surface area (Å²) in [6.07, 6.45) is 17.7. The molecule has 0 rings (SSSR count). The quantitative estimate of drug-likeness (QED) is 0.291. The molecule has 0 aromatic heterocycles. The topological polar surface area (TPSA) is 0 Å². The van der Waals surface area contributed by atoms with Crippen molar-refractivity contribution in [3.05, 3.63) is 0 Å². The Balaban J connectivity index is 0. The number of hydrogen-bond acceptors (Lipinski definition) is 0. The molecule has 0 saturated carbocycles. The molecule has 0 heterocycles. The van der Waals surface area contributed by atoms with Gasteiger partial charge in [-0.05, 0) is 0 Å². The van der Waals surface area contributed by atoms with E-state index in [1.54, 1.807) is 0 Å². The number of hydrogen-bond donors (Lipinski definition) is 0. The molecule has 0 nitrogen and oxygen atoms in total. The fraction of sp³-hybridized carbons (Fsp3) is 1.00. The van der Waals surface area contributed by atoms with Gasteiger partial charge in [0.05, 0.1) is 0 Å². The average molecular weight is 344 g/mol. The Kier molecular flexibility index (Phi) is 22.4. The standard InChI is InChI=1S/C14H29.BrH.Zn/c1-3-5-7-9-11-13-14-12-10-8-6-4-2;;/h1,3-14H2,2H3;1H;. The van der Waals surface area contributed by atoms with Crippen molar-refractivity contribution in [2.75, 3.05) is 0 Å². The van der Waals surface area contributed by atoms with Crippen molar-refractivity contribution in [1.29, 1.82) is 0 Å². The van der Waals surface area contributed by atoms with E-state index in [4.69, 9.17) is 0 Å². The van der Waals surface area contributed by atoms with E-state index in [1.807, 2.05) is 0 Å². The van der Waals surface area contributed by atoms with Crippen LogP contribution in [-0.2, 0) is 18.3 Å². The van der Waals surface area contributed by atoms with Crippen LogP contribution in [0, 0.1) is 0 Å². The molecule has 0 fully saturated rings. The first-order chi connectivity index (χ1) is 7.41. The van der Waals surface area contributed by atoms with Crippen LogP contribution in [0.2, 0.25) is 5.02 Å². The Bertz CT molecular complexity index is 94.9. The van der Waals surface area contributed by atoms with Gasteiger partial charge in [0.25, 0.3) is 0 Å². The van der Waals surface area contributed by atoms with Crippen LogP contribution in [0.3, 0.4) is 0 Å². The first-order valence-corrected chi connectivity index (χ1v) is 9.31. The first-order valence-electron chi connectivity index (χ1n) is 7.21. The van der Waals surface area contributed by atoms with Crippen molar-refractivity contribution in [3.63, 3.8) is 0 Å². The predicted molar refractivity (Wildman–Crippen MR) is 76.2 cm³/mol. The maximum atomic E-state index is 2.29. The van der Waals surface area contributed by atoms with Crippen molar-refractivity contribution in [3.8, 4) is 0 Å². The fourth-order valence-electron chi connectivity index (χ4n) is 2.02. The summed E-state index contributed by atoms with van der Waals surface area (Å²) in [6.45, 7) is 2.29. The SMILES string of the molecule is Br.CCCCCCCCCCCCC[CH2][Zn]. The summed E-state index contributed by atoms with van der Waals surface area (Å²) in [5.41, 5.74) is 0. The zero-order chi connectivity index (χ0) is 11.2. The molecule has 0 N–H and O–H groups in total. The summed E-state index contributed by atoms with van der Waals surface area (Å²) in [5.74, 6) is 0. The zero-order valence-electron chi connectivity index (χ0n) is 11.3. The van der Waals surface area contributed by atoms with Crippen molar-refractivity contribution in [2.45, 2.75) is 89.0 Å². The van der Waals surface area contributed by atoms with Crippen LogP contribution in [0.4, 0.5) is 0 Å². The van der Waals surface area contributed by atoms with E-state index in [-0.39, 0.29) is 17.0 Å². The van der Waals surface area contributed by atoms with Gasteiger partial charge in [0.1, 0.15) is 0 Å². The molecule has 0 unspecified atom stereocenters. The number of halogens is 1. The Morgan fingerprint density at radius 1 is 0.562 bits per heavy atom. The second-order valence-corrected chi connectivity index (χ2v) is 6.23. The van der Waals surface area contributed by atoms with Crippen molar-refractivity contribution >= 4 is 17.0 Å². The molecule has 0 amide bonds. The third-order valence-corrected chi connectivity index (χ3v) is 4.15. The van der Waals surface area contributed by atoms with Gasteiger partial charge in [0.2, 0.25) is 0 Å². The van der Waals surface area contributed by atoms with Crippen LogP contribution >= 0.6 is 17.0 Å². The van der Waals surface area contributed by atoms with Gasteiger partial charge in [0.15, 0.2) is 0 Å². The third kappa shape index (κ3) is 17.5. The van der Waals surface area contributed by atoms with E-state index >= 15 is 0 Å². The minimum absolute atomic E-state index is 0. The Labute approximate surface area is 124 Å². The van der Waals surface area contributed by atoms with Crippen molar-refractivity contribution in [2.24, 2.45) is 0 Å². The van der Waals surface area contributed by atoms with Crippen LogP contribution in [-0.4, -0.2) is 0 Å². The summed E-state index contributed by atoms with van der Waals surface area (Å²) >= 11 is 1.50. The maximum absolute atomic E-state index is 2.29. The number of rotatable bonds is 12. The Morgan fingerprint density at radius 2 is 0.875 bits per heavy atom. The fourth-order valence-corrected chi connectivity index (χ4v) is 2.76. The van der Waals surface area contributed by atoms with Gasteiger partial charge >= 0.3 is 93.9 Å². The third-order valence-electron chi connectivity index (χ3n) is 3.10. The minimum atomic E-state index is 0. The molecule has 0 spiro atoms. The van der Waals surface area contributed by atoms with Crippen LogP contribution in [0.25, 0.3) is 0 Å². The van der Waals surface area contributed by atoms with E-state index in [0.717, 1.165) is 0 Å². The molecule has 0 aliphatic heterocycles. The van der Waals surface area contributed by atoms with Gasteiger partial charge in [-0.2, -0.15) is 0 Å². The summed E-state index contributed by atoms with van der Waals surface area (Å²) < 4.78 is 0. The van der Waals surface area contributed by atoms with Crippen LogP contribution in [0.15, 0.2) is 0 Å². The van der Waals surface area contributed by atoms with E-state index in [0.29, 0.717) is 0 Å². The molecule has 95 valence electrons. The van der Waals surface area contributed by atoms with Gasteiger partial charge in [-0.15, -0.1) is 17.0 Å². The molecule has 0 aromatic carbocycles. The second-order valence-electron chi connectivity index (χ2n) is 4.74. The van der Waals surface area contributed by atoms with E-state index in [1.165, 1.54) is 100 Å². The van der Waals surface area contributed by atoms with Crippen LogP contribution < -0.4 is 0 Å². The molecule has 0 bridgehead atoms. The van der Waals surface area contributed by atoms with E-state index in [9.17, 15) is 0 Å². The van der Waals surface area contributed by atoms with E-state index < -0.39 is 0 Å². The summed E-state index contributed by atoms with van der Waals surface area (Å²) in [5, 5.41) is 1.50. The second kappa shape index (κ2) is 18.5. The van der Waals surface area contributed by atoms with Gasteiger partial charge in [-0.25, -0.2) is 0 Å². The number of unbranched alkanes of at least 4 members (excludes halogenated alkanes) is 11. The molecule has 0 aliphatic rings. The zero-order valence-corrected chi connectivity index (χ0v) is 16.0. The average Bonchev–Trinajstić information content (AvgIpc) is 2.26. The summed E-state index contributed by atoms with van der Waals surface area (Å²) in [7, 11) is 0. The molecule has 0 atom stereocenters. The van der Waals surface area contributed by atoms with Crippen molar-refractivity contribution < 1.29 is 18.3 Å². The molecule has 0 radical (unpaired) electrons. The van der Waals surface area contributed by atoms with Crippen LogP contribution in [0.5, 0.6) is 0 Å². The first kappa shape index (κ1) is 19.4. The molecule has 0 saturated heterocycles.